The standard InChI is InChI=1S/C17H20N4O2/c1-4-9-19-17(22)14-7-8-16(20-11-14)18-10-5-6-15-12(2)21-23-13(15)3/h1,7-8,11H,5-6,9-10H2,2-3H3,(H,18,20)(H,19,22). The highest BCUT2D eigenvalue weighted by Crippen LogP contribution is 2.14. The number of aromatic nitrogens is 2. The summed E-state index contributed by atoms with van der Waals surface area (Å²) < 4.78 is 5.14. The molecule has 0 radical (unpaired) electrons. The average molecular weight is 312 g/mol. The zero-order valence-corrected chi connectivity index (χ0v) is 13.3. The number of anilines is 1. The molecule has 6 nitrogen and oxygen atoms in total. The highest BCUT2D eigenvalue weighted by atomic mass is 16.5. The van der Waals surface area contributed by atoms with Gasteiger partial charge in [-0.05, 0) is 38.8 Å². The van der Waals surface area contributed by atoms with Crippen LogP contribution in [0.1, 0.15) is 33.8 Å². The summed E-state index contributed by atoms with van der Waals surface area (Å²) in [7, 11) is 0. The Morgan fingerprint density at radius 1 is 1.39 bits per heavy atom. The Hall–Kier alpha value is -2.81. The van der Waals surface area contributed by atoms with Gasteiger partial charge in [-0.15, -0.1) is 6.42 Å². The number of nitrogens with one attached hydrogen (secondary N) is 2. The molecule has 0 saturated heterocycles. The largest absolute Gasteiger partial charge is 0.370 e. The quantitative estimate of drug-likeness (QED) is 0.604. The molecule has 0 unspecified atom stereocenters. The molecule has 0 aliphatic rings. The third kappa shape index (κ3) is 4.58. The predicted molar refractivity (Wildman–Crippen MR) is 88.2 cm³/mol. The third-order valence-electron chi connectivity index (χ3n) is 3.47. The van der Waals surface area contributed by atoms with Crippen LogP contribution in [-0.2, 0) is 6.42 Å². The second-order valence-electron chi connectivity index (χ2n) is 5.15. The smallest absolute Gasteiger partial charge is 0.253 e. The van der Waals surface area contributed by atoms with E-state index >= 15 is 0 Å². The highest BCUT2D eigenvalue weighted by Gasteiger charge is 2.08. The van der Waals surface area contributed by atoms with Crippen molar-refractivity contribution in [3.05, 3.63) is 40.9 Å². The molecule has 2 heterocycles. The molecule has 0 aromatic carbocycles. The molecule has 0 atom stereocenters. The Kier molecular flexibility index (Phi) is 5.75. The fourth-order valence-electron chi connectivity index (χ4n) is 2.21. The summed E-state index contributed by atoms with van der Waals surface area (Å²) >= 11 is 0. The maximum Gasteiger partial charge on any atom is 0.253 e. The van der Waals surface area contributed by atoms with Crippen molar-refractivity contribution in [3.8, 4) is 12.3 Å². The summed E-state index contributed by atoms with van der Waals surface area (Å²) in [6.07, 6.45) is 8.47. The second kappa shape index (κ2) is 7.99. The molecule has 0 spiro atoms. The Labute approximate surface area is 135 Å². The topological polar surface area (TPSA) is 80.0 Å². The van der Waals surface area contributed by atoms with Crippen molar-refractivity contribution in [3.63, 3.8) is 0 Å². The lowest BCUT2D eigenvalue weighted by atomic mass is 10.1. The van der Waals surface area contributed by atoms with Crippen molar-refractivity contribution in [2.45, 2.75) is 26.7 Å². The van der Waals surface area contributed by atoms with E-state index < -0.39 is 0 Å². The Morgan fingerprint density at radius 2 is 2.22 bits per heavy atom. The van der Waals surface area contributed by atoms with Gasteiger partial charge in [0.2, 0.25) is 0 Å². The van der Waals surface area contributed by atoms with Crippen LogP contribution in [0.25, 0.3) is 0 Å². The van der Waals surface area contributed by atoms with E-state index in [1.54, 1.807) is 12.1 Å². The van der Waals surface area contributed by atoms with E-state index in [0.29, 0.717) is 5.56 Å². The second-order valence-corrected chi connectivity index (χ2v) is 5.15. The van der Waals surface area contributed by atoms with Crippen LogP contribution in [0.2, 0.25) is 0 Å². The van der Waals surface area contributed by atoms with Crippen molar-refractivity contribution in [1.29, 1.82) is 0 Å². The van der Waals surface area contributed by atoms with Crippen molar-refractivity contribution in [2.75, 3.05) is 18.4 Å². The SMILES string of the molecule is C#CCNC(=O)c1ccc(NCCCc2c(C)noc2C)nc1. The van der Waals surface area contributed by atoms with Crippen LogP contribution in [0, 0.1) is 26.2 Å². The number of carbonyl (C=O) groups excluding carboxylic acids is 1. The van der Waals surface area contributed by atoms with Gasteiger partial charge in [-0.3, -0.25) is 4.79 Å². The summed E-state index contributed by atoms with van der Waals surface area (Å²) in [6, 6.07) is 3.50. The van der Waals surface area contributed by atoms with E-state index in [1.807, 2.05) is 13.8 Å². The predicted octanol–water partition coefficient (Wildman–Crippen LogP) is 2.09. The minimum Gasteiger partial charge on any atom is -0.370 e. The maximum atomic E-state index is 11.7. The molecule has 2 aromatic rings. The minimum absolute atomic E-state index is 0.209. The fraction of sp³-hybridized carbons (Fsp3) is 0.353. The summed E-state index contributed by atoms with van der Waals surface area (Å²) in [5.74, 6) is 3.75. The summed E-state index contributed by atoms with van der Waals surface area (Å²) in [5.41, 5.74) is 2.60. The van der Waals surface area contributed by atoms with Gasteiger partial charge in [-0.1, -0.05) is 11.1 Å². The normalized spacial score (nSPS) is 10.1. The zero-order chi connectivity index (χ0) is 16.7. The van der Waals surface area contributed by atoms with Crippen LogP contribution in [0.3, 0.4) is 0 Å². The molecule has 2 aromatic heterocycles. The average Bonchev–Trinajstić information content (AvgIpc) is 2.88. The van der Waals surface area contributed by atoms with Gasteiger partial charge < -0.3 is 15.2 Å². The summed E-state index contributed by atoms with van der Waals surface area (Å²) in [5, 5.41) is 9.77. The van der Waals surface area contributed by atoms with Crippen molar-refractivity contribution >= 4 is 11.7 Å². The number of aryl methyl sites for hydroxylation is 2. The van der Waals surface area contributed by atoms with Crippen LogP contribution in [0.5, 0.6) is 0 Å². The molecule has 0 saturated carbocycles. The van der Waals surface area contributed by atoms with E-state index in [1.165, 1.54) is 11.8 Å². The molecule has 23 heavy (non-hydrogen) atoms. The Balaban J connectivity index is 1.78. The lowest BCUT2D eigenvalue weighted by Gasteiger charge is -2.06. The Bertz CT molecular complexity index is 679. The first kappa shape index (κ1) is 16.6. The summed E-state index contributed by atoms with van der Waals surface area (Å²) in [4.78, 5) is 15.9. The number of hydrogen-bond donors (Lipinski definition) is 2. The number of amides is 1. The van der Waals surface area contributed by atoms with E-state index in [-0.39, 0.29) is 12.5 Å². The number of nitrogens with zero attached hydrogens (tertiary/aromatic N) is 2. The van der Waals surface area contributed by atoms with E-state index in [9.17, 15) is 4.79 Å². The van der Waals surface area contributed by atoms with Crippen LogP contribution < -0.4 is 10.6 Å². The summed E-state index contributed by atoms with van der Waals surface area (Å²) in [6.45, 7) is 4.86. The van der Waals surface area contributed by atoms with E-state index in [4.69, 9.17) is 10.9 Å². The van der Waals surface area contributed by atoms with Gasteiger partial charge in [0.15, 0.2) is 0 Å². The highest BCUT2D eigenvalue weighted by molar-refractivity contribution is 5.94. The van der Waals surface area contributed by atoms with Gasteiger partial charge in [0.1, 0.15) is 11.6 Å². The van der Waals surface area contributed by atoms with Crippen LogP contribution >= 0.6 is 0 Å². The molecule has 1 amide bonds. The van der Waals surface area contributed by atoms with Crippen LogP contribution in [-0.4, -0.2) is 29.1 Å². The molecule has 2 N–H and O–H groups in total. The first-order valence-corrected chi connectivity index (χ1v) is 7.45. The molecule has 2 rings (SSSR count). The monoisotopic (exact) mass is 312 g/mol. The number of terminal acetylenes is 1. The number of hydrogen-bond acceptors (Lipinski definition) is 5. The van der Waals surface area contributed by atoms with Gasteiger partial charge in [-0.2, -0.15) is 0 Å². The minimum atomic E-state index is -0.222. The van der Waals surface area contributed by atoms with E-state index in [2.05, 4.69) is 26.7 Å². The zero-order valence-electron chi connectivity index (χ0n) is 13.3. The molecule has 0 aliphatic carbocycles. The number of pyridine rings is 1. The molecule has 120 valence electrons. The van der Waals surface area contributed by atoms with Crippen molar-refractivity contribution < 1.29 is 9.32 Å². The van der Waals surface area contributed by atoms with Gasteiger partial charge in [0.25, 0.3) is 5.91 Å². The molecule has 0 bridgehead atoms. The van der Waals surface area contributed by atoms with Crippen molar-refractivity contribution in [1.82, 2.24) is 15.5 Å². The lowest BCUT2D eigenvalue weighted by molar-refractivity contribution is 0.0958. The number of rotatable bonds is 7. The van der Waals surface area contributed by atoms with Crippen molar-refractivity contribution in [2.24, 2.45) is 0 Å². The van der Waals surface area contributed by atoms with Crippen LogP contribution in [0.4, 0.5) is 5.82 Å². The first-order valence-electron chi connectivity index (χ1n) is 7.45. The fourth-order valence-corrected chi connectivity index (χ4v) is 2.21. The van der Waals surface area contributed by atoms with Gasteiger partial charge >= 0.3 is 0 Å². The molecule has 0 aliphatic heterocycles. The van der Waals surface area contributed by atoms with Gasteiger partial charge in [0, 0.05) is 18.3 Å². The molecular formula is C17H20N4O2. The molecule has 6 heteroatoms. The Morgan fingerprint density at radius 3 is 2.83 bits per heavy atom. The molecular weight excluding hydrogens is 292 g/mol. The molecule has 0 fully saturated rings. The van der Waals surface area contributed by atoms with Gasteiger partial charge in [-0.25, -0.2) is 4.98 Å². The maximum absolute atomic E-state index is 11.7. The van der Waals surface area contributed by atoms with E-state index in [0.717, 1.165) is 36.7 Å². The first-order chi connectivity index (χ1) is 11.1. The van der Waals surface area contributed by atoms with Crippen LogP contribution in [0.15, 0.2) is 22.9 Å². The number of carbonyl (C=O) groups is 1. The third-order valence-corrected chi connectivity index (χ3v) is 3.47. The lowest BCUT2D eigenvalue weighted by Crippen LogP contribution is -2.23. The van der Waals surface area contributed by atoms with Gasteiger partial charge in [0.05, 0.1) is 17.8 Å².